The largest absolute Gasteiger partial charge is 0.480 e. The second kappa shape index (κ2) is 6.78. The van der Waals surface area contributed by atoms with Gasteiger partial charge in [0.25, 0.3) is 5.56 Å². The maximum Gasteiger partial charge on any atom is 0.266 e. The summed E-state index contributed by atoms with van der Waals surface area (Å²) in [5, 5.41) is 3.99. The SMILES string of the molecule is COc1ccc(=O)n(CCCC(=O)c2ccc(F)cc2)n1. The van der Waals surface area contributed by atoms with Crippen LogP contribution in [0.5, 0.6) is 5.88 Å². The molecule has 0 N–H and O–H groups in total. The van der Waals surface area contributed by atoms with Gasteiger partial charge in [0.15, 0.2) is 5.78 Å². The van der Waals surface area contributed by atoms with Crippen molar-refractivity contribution in [2.75, 3.05) is 7.11 Å². The zero-order valence-corrected chi connectivity index (χ0v) is 11.6. The Balaban J connectivity index is 1.93. The molecule has 0 bridgehead atoms. The smallest absolute Gasteiger partial charge is 0.266 e. The molecule has 6 heteroatoms. The maximum absolute atomic E-state index is 12.8. The van der Waals surface area contributed by atoms with Crippen LogP contribution in [-0.2, 0) is 6.54 Å². The summed E-state index contributed by atoms with van der Waals surface area (Å²) in [6.45, 7) is 0.322. The van der Waals surface area contributed by atoms with E-state index < -0.39 is 0 Å². The number of ether oxygens (including phenoxy) is 1. The van der Waals surface area contributed by atoms with Gasteiger partial charge in [0.05, 0.1) is 7.11 Å². The highest BCUT2D eigenvalue weighted by molar-refractivity contribution is 5.95. The molecule has 1 aromatic heterocycles. The molecule has 2 rings (SSSR count). The standard InChI is InChI=1S/C15H15FN2O3/c1-21-14-8-9-15(20)18(17-14)10-2-3-13(19)11-4-6-12(16)7-5-11/h4-9H,2-3,10H2,1H3. The third kappa shape index (κ3) is 3.98. The molecule has 0 amide bonds. The highest BCUT2D eigenvalue weighted by atomic mass is 19.1. The lowest BCUT2D eigenvalue weighted by molar-refractivity contribution is 0.0978. The Morgan fingerprint density at radius 2 is 1.95 bits per heavy atom. The Morgan fingerprint density at radius 1 is 1.24 bits per heavy atom. The molecule has 0 unspecified atom stereocenters. The molecule has 0 radical (unpaired) electrons. The summed E-state index contributed by atoms with van der Waals surface area (Å²) in [7, 11) is 1.47. The third-order valence-corrected chi connectivity index (χ3v) is 2.99. The Labute approximate surface area is 121 Å². The normalized spacial score (nSPS) is 10.4. The third-order valence-electron chi connectivity index (χ3n) is 2.99. The molecule has 0 aliphatic rings. The minimum Gasteiger partial charge on any atom is -0.480 e. The van der Waals surface area contributed by atoms with Gasteiger partial charge in [0.1, 0.15) is 5.82 Å². The van der Waals surface area contributed by atoms with Crippen molar-refractivity contribution >= 4 is 5.78 Å². The summed E-state index contributed by atoms with van der Waals surface area (Å²) in [4.78, 5) is 23.5. The maximum atomic E-state index is 12.8. The molecule has 0 saturated carbocycles. The van der Waals surface area contributed by atoms with Gasteiger partial charge in [0, 0.05) is 30.7 Å². The first kappa shape index (κ1) is 14.9. The zero-order valence-electron chi connectivity index (χ0n) is 11.6. The number of hydrogen-bond acceptors (Lipinski definition) is 4. The summed E-state index contributed by atoms with van der Waals surface area (Å²) >= 11 is 0. The van der Waals surface area contributed by atoms with E-state index in [9.17, 15) is 14.0 Å². The Bertz CT molecular complexity index is 680. The number of rotatable bonds is 6. The number of aryl methyl sites for hydroxylation is 1. The van der Waals surface area contributed by atoms with E-state index in [1.165, 1.54) is 48.2 Å². The summed E-state index contributed by atoms with van der Waals surface area (Å²) in [6, 6.07) is 8.26. The van der Waals surface area contributed by atoms with Crippen molar-refractivity contribution in [3.63, 3.8) is 0 Å². The van der Waals surface area contributed by atoms with E-state index >= 15 is 0 Å². The van der Waals surface area contributed by atoms with Gasteiger partial charge >= 0.3 is 0 Å². The van der Waals surface area contributed by atoms with Crippen molar-refractivity contribution in [2.45, 2.75) is 19.4 Å². The number of nitrogens with zero attached hydrogens (tertiary/aromatic N) is 2. The van der Waals surface area contributed by atoms with Crippen LogP contribution >= 0.6 is 0 Å². The minimum absolute atomic E-state index is 0.0917. The second-order valence-corrected chi connectivity index (χ2v) is 4.47. The number of carbonyl (C=O) groups is 1. The van der Waals surface area contributed by atoms with Gasteiger partial charge in [0.2, 0.25) is 5.88 Å². The van der Waals surface area contributed by atoms with Crippen molar-refractivity contribution in [3.8, 4) is 5.88 Å². The molecular weight excluding hydrogens is 275 g/mol. The first-order valence-corrected chi connectivity index (χ1v) is 6.51. The van der Waals surface area contributed by atoms with Gasteiger partial charge < -0.3 is 4.74 Å². The fourth-order valence-electron chi connectivity index (χ4n) is 1.87. The van der Waals surface area contributed by atoms with Crippen LogP contribution in [0.2, 0.25) is 0 Å². The number of hydrogen-bond donors (Lipinski definition) is 0. The quantitative estimate of drug-likeness (QED) is 0.764. The van der Waals surface area contributed by atoms with E-state index in [-0.39, 0.29) is 23.6 Å². The molecule has 1 heterocycles. The number of Topliss-reactive ketones (excluding diaryl/α,β-unsaturated/α-hetero) is 1. The summed E-state index contributed by atoms with van der Waals surface area (Å²) in [6.07, 6.45) is 0.729. The predicted molar refractivity (Wildman–Crippen MR) is 75.0 cm³/mol. The van der Waals surface area contributed by atoms with Gasteiger partial charge in [-0.1, -0.05) is 0 Å². The Hall–Kier alpha value is -2.50. The molecule has 0 aliphatic carbocycles. The molecule has 1 aromatic carbocycles. The van der Waals surface area contributed by atoms with E-state index in [0.29, 0.717) is 24.4 Å². The molecule has 0 fully saturated rings. The van der Waals surface area contributed by atoms with Crippen LogP contribution in [0.25, 0.3) is 0 Å². The average molecular weight is 290 g/mol. The zero-order chi connectivity index (χ0) is 15.2. The number of carbonyl (C=O) groups excluding carboxylic acids is 1. The fourth-order valence-corrected chi connectivity index (χ4v) is 1.87. The van der Waals surface area contributed by atoms with Gasteiger partial charge in [-0.15, -0.1) is 5.10 Å². The van der Waals surface area contributed by atoms with E-state index in [4.69, 9.17) is 4.74 Å². The van der Waals surface area contributed by atoms with Crippen LogP contribution in [0.3, 0.4) is 0 Å². The van der Waals surface area contributed by atoms with Crippen molar-refractivity contribution in [2.24, 2.45) is 0 Å². The van der Waals surface area contributed by atoms with Crippen molar-refractivity contribution in [1.82, 2.24) is 9.78 Å². The molecule has 21 heavy (non-hydrogen) atoms. The van der Waals surface area contributed by atoms with Gasteiger partial charge in [-0.2, -0.15) is 0 Å². The van der Waals surface area contributed by atoms with E-state index in [0.717, 1.165) is 0 Å². The second-order valence-electron chi connectivity index (χ2n) is 4.47. The predicted octanol–water partition coefficient (Wildman–Crippen LogP) is 2.05. The van der Waals surface area contributed by atoms with E-state index in [1.807, 2.05) is 0 Å². The molecule has 0 atom stereocenters. The summed E-state index contributed by atoms with van der Waals surface area (Å²) in [5.74, 6) is -0.121. The summed E-state index contributed by atoms with van der Waals surface area (Å²) < 4.78 is 19.0. The first-order valence-electron chi connectivity index (χ1n) is 6.51. The number of halogens is 1. The molecule has 0 spiro atoms. The lowest BCUT2D eigenvalue weighted by atomic mass is 10.1. The van der Waals surface area contributed by atoms with Crippen LogP contribution in [0.1, 0.15) is 23.2 Å². The Morgan fingerprint density at radius 3 is 2.62 bits per heavy atom. The van der Waals surface area contributed by atoms with Crippen LogP contribution in [0, 0.1) is 5.82 Å². The number of aromatic nitrogens is 2. The Kier molecular flexibility index (Phi) is 4.81. The molecule has 110 valence electrons. The van der Waals surface area contributed by atoms with Crippen LogP contribution in [0.4, 0.5) is 4.39 Å². The van der Waals surface area contributed by atoms with Gasteiger partial charge in [-0.3, -0.25) is 9.59 Å². The topological polar surface area (TPSA) is 61.2 Å². The summed E-state index contributed by atoms with van der Waals surface area (Å²) in [5.41, 5.74) is 0.215. The van der Waals surface area contributed by atoms with Gasteiger partial charge in [-0.05, 0) is 30.7 Å². The van der Waals surface area contributed by atoms with E-state index in [1.54, 1.807) is 0 Å². The van der Waals surface area contributed by atoms with Crippen LogP contribution in [0.15, 0.2) is 41.2 Å². The number of benzene rings is 1. The van der Waals surface area contributed by atoms with Crippen LogP contribution in [-0.4, -0.2) is 22.7 Å². The monoisotopic (exact) mass is 290 g/mol. The van der Waals surface area contributed by atoms with Crippen molar-refractivity contribution in [1.29, 1.82) is 0 Å². The lowest BCUT2D eigenvalue weighted by Crippen LogP contribution is -2.22. The molecule has 2 aromatic rings. The van der Waals surface area contributed by atoms with Crippen molar-refractivity contribution in [3.05, 3.63) is 58.1 Å². The molecule has 0 aliphatic heterocycles. The van der Waals surface area contributed by atoms with Crippen LogP contribution < -0.4 is 10.3 Å². The molecule has 0 saturated heterocycles. The van der Waals surface area contributed by atoms with Gasteiger partial charge in [-0.25, -0.2) is 9.07 Å². The van der Waals surface area contributed by atoms with E-state index in [2.05, 4.69) is 5.10 Å². The first-order chi connectivity index (χ1) is 10.1. The van der Waals surface area contributed by atoms with Crippen molar-refractivity contribution < 1.29 is 13.9 Å². The highest BCUT2D eigenvalue weighted by Crippen LogP contribution is 2.08. The molecular formula is C15H15FN2O3. The minimum atomic E-state index is -0.376. The fraction of sp³-hybridized carbons (Fsp3) is 0.267. The number of ketones is 1. The highest BCUT2D eigenvalue weighted by Gasteiger charge is 2.07. The number of methoxy groups -OCH3 is 1. The average Bonchev–Trinajstić information content (AvgIpc) is 2.49. The molecule has 5 nitrogen and oxygen atoms in total. The lowest BCUT2D eigenvalue weighted by Gasteiger charge is -2.06.